The average molecular weight is 246 g/mol. The lowest BCUT2D eigenvalue weighted by Gasteiger charge is -2.14. The van der Waals surface area contributed by atoms with Gasteiger partial charge in [-0.3, -0.25) is 4.79 Å². The zero-order valence-electron chi connectivity index (χ0n) is 10.1. The van der Waals surface area contributed by atoms with Gasteiger partial charge in [-0.2, -0.15) is 0 Å². The van der Waals surface area contributed by atoms with E-state index in [9.17, 15) is 9.18 Å². The third-order valence-electron chi connectivity index (χ3n) is 3.55. The third kappa shape index (κ3) is 1.88. The Bertz CT molecular complexity index is 584. The molecule has 0 atom stereocenters. The van der Waals surface area contributed by atoms with E-state index in [1.807, 2.05) is 11.0 Å². The summed E-state index contributed by atoms with van der Waals surface area (Å²) in [5, 5.41) is 0.808. The summed E-state index contributed by atoms with van der Waals surface area (Å²) in [6.07, 6.45) is 4.27. The van der Waals surface area contributed by atoms with E-state index in [0.29, 0.717) is 11.9 Å². The number of nitrogens with zero attached hydrogens (tertiary/aromatic N) is 1. The first-order valence-corrected chi connectivity index (χ1v) is 6.28. The SMILES string of the molecule is O=C(Cc1c[nH]c2c(F)cccc12)N1CCCC1. The Morgan fingerprint density at radius 1 is 1.33 bits per heavy atom. The summed E-state index contributed by atoms with van der Waals surface area (Å²) in [4.78, 5) is 16.9. The lowest BCUT2D eigenvalue weighted by atomic mass is 10.1. The lowest BCUT2D eigenvalue weighted by Crippen LogP contribution is -2.28. The van der Waals surface area contributed by atoms with Crippen LogP contribution in [0.3, 0.4) is 0 Å². The number of hydrogen-bond donors (Lipinski definition) is 1. The van der Waals surface area contributed by atoms with Crippen LogP contribution in [0.5, 0.6) is 0 Å². The molecule has 18 heavy (non-hydrogen) atoms. The van der Waals surface area contributed by atoms with Gasteiger partial charge < -0.3 is 9.88 Å². The van der Waals surface area contributed by atoms with Crippen molar-refractivity contribution in [3.05, 3.63) is 35.8 Å². The van der Waals surface area contributed by atoms with Crippen LogP contribution >= 0.6 is 0 Å². The van der Waals surface area contributed by atoms with Gasteiger partial charge in [0, 0.05) is 24.7 Å². The number of likely N-dealkylation sites (tertiary alicyclic amines) is 1. The van der Waals surface area contributed by atoms with Crippen LogP contribution in [0.25, 0.3) is 10.9 Å². The Labute approximate surface area is 105 Å². The summed E-state index contributed by atoms with van der Waals surface area (Å²) >= 11 is 0. The summed E-state index contributed by atoms with van der Waals surface area (Å²) < 4.78 is 13.5. The number of para-hydroxylation sites is 1. The Kier molecular flexibility index (Phi) is 2.78. The number of carbonyl (C=O) groups excluding carboxylic acids is 1. The van der Waals surface area contributed by atoms with Crippen molar-refractivity contribution in [1.82, 2.24) is 9.88 Å². The predicted octanol–water partition coefficient (Wildman–Crippen LogP) is 2.47. The van der Waals surface area contributed by atoms with E-state index in [4.69, 9.17) is 0 Å². The highest BCUT2D eigenvalue weighted by atomic mass is 19.1. The molecular formula is C14H15FN2O. The number of benzene rings is 1. The van der Waals surface area contributed by atoms with Gasteiger partial charge in [-0.15, -0.1) is 0 Å². The molecule has 0 aliphatic carbocycles. The number of aromatic amines is 1. The normalized spacial score (nSPS) is 15.5. The highest BCUT2D eigenvalue weighted by Crippen LogP contribution is 2.22. The fourth-order valence-corrected chi connectivity index (χ4v) is 2.56. The van der Waals surface area contributed by atoms with Crippen molar-refractivity contribution in [2.24, 2.45) is 0 Å². The molecule has 0 unspecified atom stereocenters. The largest absolute Gasteiger partial charge is 0.359 e. The number of carbonyl (C=O) groups is 1. The van der Waals surface area contributed by atoms with Crippen molar-refractivity contribution >= 4 is 16.8 Å². The van der Waals surface area contributed by atoms with Crippen LogP contribution in [0.2, 0.25) is 0 Å². The molecule has 2 aromatic rings. The molecule has 1 aromatic heterocycles. The van der Waals surface area contributed by atoms with Crippen LogP contribution in [0.4, 0.5) is 4.39 Å². The van der Waals surface area contributed by atoms with E-state index in [2.05, 4.69) is 4.98 Å². The second kappa shape index (κ2) is 4.44. The lowest BCUT2D eigenvalue weighted by molar-refractivity contribution is -0.129. The first-order valence-electron chi connectivity index (χ1n) is 6.28. The van der Waals surface area contributed by atoms with Crippen LogP contribution in [0.1, 0.15) is 18.4 Å². The van der Waals surface area contributed by atoms with Gasteiger partial charge in [0.2, 0.25) is 5.91 Å². The molecule has 4 heteroatoms. The van der Waals surface area contributed by atoms with Crippen molar-refractivity contribution in [3.8, 4) is 0 Å². The number of H-pyrrole nitrogens is 1. The maximum Gasteiger partial charge on any atom is 0.227 e. The van der Waals surface area contributed by atoms with Crippen LogP contribution in [-0.2, 0) is 11.2 Å². The molecule has 3 nitrogen and oxygen atoms in total. The van der Waals surface area contributed by atoms with E-state index in [-0.39, 0.29) is 11.7 Å². The van der Waals surface area contributed by atoms with E-state index < -0.39 is 0 Å². The highest BCUT2D eigenvalue weighted by Gasteiger charge is 2.19. The molecule has 0 bridgehead atoms. The van der Waals surface area contributed by atoms with Gasteiger partial charge in [0.1, 0.15) is 5.82 Å². The molecule has 1 saturated heterocycles. The van der Waals surface area contributed by atoms with E-state index in [1.165, 1.54) is 6.07 Å². The molecule has 0 saturated carbocycles. The standard InChI is InChI=1S/C14H15FN2O/c15-12-5-3-4-11-10(9-16-14(11)12)8-13(18)17-6-1-2-7-17/h3-5,9,16H,1-2,6-8H2. The number of fused-ring (bicyclic) bond motifs is 1. The minimum Gasteiger partial charge on any atom is -0.359 e. The van der Waals surface area contributed by atoms with E-state index in [1.54, 1.807) is 12.3 Å². The summed E-state index contributed by atoms with van der Waals surface area (Å²) in [6, 6.07) is 4.95. The summed E-state index contributed by atoms with van der Waals surface area (Å²) in [5.41, 5.74) is 1.36. The Hall–Kier alpha value is -1.84. The highest BCUT2D eigenvalue weighted by molar-refractivity contribution is 5.89. The van der Waals surface area contributed by atoms with Crippen molar-refractivity contribution in [1.29, 1.82) is 0 Å². The molecule has 0 radical (unpaired) electrons. The number of rotatable bonds is 2. The molecule has 1 aliphatic rings. The Morgan fingerprint density at radius 3 is 2.89 bits per heavy atom. The number of aromatic nitrogens is 1. The third-order valence-corrected chi connectivity index (χ3v) is 3.55. The molecule has 3 rings (SSSR count). The number of nitrogens with one attached hydrogen (secondary N) is 1. The van der Waals surface area contributed by atoms with E-state index >= 15 is 0 Å². The van der Waals surface area contributed by atoms with Gasteiger partial charge in [-0.25, -0.2) is 4.39 Å². The minimum absolute atomic E-state index is 0.137. The average Bonchev–Trinajstić information content (AvgIpc) is 2.99. The van der Waals surface area contributed by atoms with Crippen LogP contribution < -0.4 is 0 Å². The molecule has 1 aliphatic heterocycles. The number of hydrogen-bond acceptors (Lipinski definition) is 1. The van der Waals surface area contributed by atoms with Gasteiger partial charge in [0.15, 0.2) is 0 Å². The molecular weight excluding hydrogens is 231 g/mol. The first kappa shape index (κ1) is 11.3. The molecule has 1 aromatic carbocycles. The second-order valence-electron chi connectivity index (χ2n) is 4.74. The van der Waals surface area contributed by atoms with Gasteiger partial charge in [0.25, 0.3) is 0 Å². The van der Waals surface area contributed by atoms with Crippen molar-refractivity contribution in [2.75, 3.05) is 13.1 Å². The fraction of sp³-hybridized carbons (Fsp3) is 0.357. The van der Waals surface area contributed by atoms with Gasteiger partial charge >= 0.3 is 0 Å². The number of amides is 1. The smallest absolute Gasteiger partial charge is 0.227 e. The summed E-state index contributed by atoms with van der Waals surface area (Å²) in [7, 11) is 0. The van der Waals surface area contributed by atoms with Gasteiger partial charge in [-0.1, -0.05) is 12.1 Å². The van der Waals surface area contributed by atoms with Crippen molar-refractivity contribution < 1.29 is 9.18 Å². The maximum atomic E-state index is 13.5. The molecule has 1 N–H and O–H groups in total. The molecule has 2 heterocycles. The van der Waals surface area contributed by atoms with Crippen molar-refractivity contribution in [2.45, 2.75) is 19.3 Å². The van der Waals surface area contributed by atoms with Crippen molar-refractivity contribution in [3.63, 3.8) is 0 Å². The number of halogens is 1. The Balaban J connectivity index is 1.86. The molecule has 1 fully saturated rings. The monoisotopic (exact) mass is 246 g/mol. The topological polar surface area (TPSA) is 36.1 Å². The van der Waals surface area contributed by atoms with Gasteiger partial charge in [-0.05, 0) is 24.5 Å². The predicted molar refractivity (Wildman–Crippen MR) is 67.8 cm³/mol. The second-order valence-corrected chi connectivity index (χ2v) is 4.74. The van der Waals surface area contributed by atoms with Crippen LogP contribution in [-0.4, -0.2) is 28.9 Å². The molecule has 1 amide bonds. The Morgan fingerprint density at radius 2 is 2.11 bits per heavy atom. The zero-order chi connectivity index (χ0) is 12.5. The minimum atomic E-state index is -0.271. The maximum absolute atomic E-state index is 13.5. The van der Waals surface area contributed by atoms with Crippen LogP contribution in [0.15, 0.2) is 24.4 Å². The van der Waals surface area contributed by atoms with Crippen LogP contribution in [0, 0.1) is 5.82 Å². The fourth-order valence-electron chi connectivity index (χ4n) is 2.56. The molecule has 94 valence electrons. The van der Waals surface area contributed by atoms with Gasteiger partial charge in [0.05, 0.1) is 11.9 Å². The summed E-state index contributed by atoms with van der Waals surface area (Å²) in [6.45, 7) is 1.71. The summed E-state index contributed by atoms with van der Waals surface area (Å²) in [5.74, 6) is -0.134. The first-order chi connectivity index (χ1) is 8.75. The zero-order valence-corrected chi connectivity index (χ0v) is 10.1. The van der Waals surface area contributed by atoms with E-state index in [0.717, 1.165) is 36.9 Å². The quantitative estimate of drug-likeness (QED) is 0.868. The molecule has 0 spiro atoms.